The molecule has 0 aromatic carbocycles. The summed E-state index contributed by atoms with van der Waals surface area (Å²) in [7, 11) is 1.34. The van der Waals surface area contributed by atoms with Crippen LogP contribution in [-0.2, 0) is 14.0 Å². The van der Waals surface area contributed by atoms with E-state index in [0.717, 1.165) is 12.2 Å². The molecule has 13 heavy (non-hydrogen) atoms. The second-order valence-electron chi connectivity index (χ2n) is 2.58. The van der Waals surface area contributed by atoms with Gasteiger partial charge in [-0.2, -0.15) is 11.2 Å². The van der Waals surface area contributed by atoms with E-state index in [0.29, 0.717) is 12.2 Å². The van der Waals surface area contributed by atoms with Crippen molar-refractivity contribution >= 4 is 26.1 Å². The van der Waals surface area contributed by atoms with E-state index >= 15 is 0 Å². The summed E-state index contributed by atoms with van der Waals surface area (Å²) in [5, 5.41) is 0. The van der Waals surface area contributed by atoms with Crippen LogP contribution in [0.4, 0.5) is 0 Å². The third-order valence-corrected chi connectivity index (χ3v) is 4.27. The van der Waals surface area contributed by atoms with Crippen LogP contribution in [0.2, 0.25) is 0 Å². The van der Waals surface area contributed by atoms with Gasteiger partial charge in [0.05, 0.1) is 6.61 Å². The van der Waals surface area contributed by atoms with Crippen LogP contribution < -0.4 is 0 Å². The van der Waals surface area contributed by atoms with Gasteiger partial charge in [-0.3, -0.25) is 0 Å². The Labute approximate surface area is 85.5 Å². The molecule has 0 spiro atoms. The van der Waals surface area contributed by atoms with E-state index in [1.54, 1.807) is 14.0 Å². The average molecular weight is 220 g/mol. The van der Waals surface area contributed by atoms with Crippen LogP contribution >= 0.6 is 11.2 Å². The molecule has 0 bridgehead atoms. The summed E-state index contributed by atoms with van der Waals surface area (Å²) < 4.78 is 9.89. The maximum Gasteiger partial charge on any atom is 0.333 e. The molecular weight excluding hydrogens is 204 g/mol. The molecule has 0 N–H and O–H groups in total. The van der Waals surface area contributed by atoms with Gasteiger partial charge in [-0.1, -0.05) is 6.58 Å². The molecule has 0 saturated heterocycles. The summed E-state index contributed by atoms with van der Waals surface area (Å²) in [5.74, 6) is 0.706. The van der Waals surface area contributed by atoms with E-state index in [-0.39, 0.29) is 14.9 Å². The van der Waals surface area contributed by atoms with E-state index in [2.05, 4.69) is 6.58 Å². The highest BCUT2D eigenvalue weighted by atomic mass is 32.4. The maximum atomic E-state index is 10.9. The second-order valence-corrected chi connectivity index (χ2v) is 6.15. The molecule has 0 rings (SSSR count). The normalized spacial score (nSPS) is 10.6. The third kappa shape index (κ3) is 8.08. The minimum absolute atomic E-state index is 0.297. The lowest BCUT2D eigenvalue weighted by molar-refractivity contribution is -0.138. The van der Waals surface area contributed by atoms with Gasteiger partial charge >= 0.3 is 5.97 Å². The van der Waals surface area contributed by atoms with Gasteiger partial charge in [0.15, 0.2) is 0 Å². The van der Waals surface area contributed by atoms with Crippen molar-refractivity contribution in [1.29, 1.82) is 0 Å². The summed E-state index contributed by atoms with van der Waals surface area (Å²) in [6.07, 6.45) is 0.889. The predicted octanol–water partition coefficient (Wildman–Crippen LogP) is 0.874. The fourth-order valence-corrected chi connectivity index (χ4v) is 2.66. The van der Waals surface area contributed by atoms with E-state index < -0.39 is 0 Å². The Hall–Kier alpha value is -0.263. The van der Waals surface area contributed by atoms with Crippen molar-refractivity contribution < 1.29 is 14.0 Å². The molecule has 0 heterocycles. The topological polar surface area (TPSA) is 35.5 Å². The lowest BCUT2D eigenvalue weighted by atomic mass is 10.4. The molecule has 0 aliphatic carbocycles. The molecular formula is C8H16O3SSi. The van der Waals surface area contributed by atoms with Crippen molar-refractivity contribution in [2.24, 2.45) is 0 Å². The van der Waals surface area contributed by atoms with E-state index in [4.69, 9.17) is 9.16 Å². The lowest BCUT2D eigenvalue weighted by Crippen LogP contribution is -2.07. The van der Waals surface area contributed by atoms with Crippen LogP contribution in [0.25, 0.3) is 0 Å². The fourth-order valence-electron chi connectivity index (χ4n) is 0.591. The third-order valence-electron chi connectivity index (χ3n) is 1.22. The Morgan fingerprint density at radius 3 is 2.85 bits per heavy atom. The van der Waals surface area contributed by atoms with Crippen LogP contribution in [-0.4, -0.2) is 34.4 Å². The molecule has 0 aliphatic rings. The van der Waals surface area contributed by atoms with Gasteiger partial charge in [0, 0.05) is 12.7 Å². The summed E-state index contributed by atoms with van der Waals surface area (Å²) >= 11 is 1.82. The minimum Gasteiger partial charge on any atom is -0.462 e. The summed E-state index contributed by atoms with van der Waals surface area (Å²) in [6, 6.07) is 0. The van der Waals surface area contributed by atoms with Crippen LogP contribution in [0.1, 0.15) is 13.3 Å². The number of carbonyl (C=O) groups is 1. The molecule has 0 atom stereocenters. The molecule has 0 aromatic rings. The summed E-state index contributed by atoms with van der Waals surface area (Å²) in [4.78, 5) is 10.9. The number of ether oxygens (including phenoxy) is 1. The van der Waals surface area contributed by atoms with E-state index in [9.17, 15) is 4.79 Å². The SMILES string of the molecule is C=C(C)C(=O)OCCCS[SiH2]OC. The van der Waals surface area contributed by atoms with E-state index in [1.807, 2.05) is 11.2 Å². The van der Waals surface area contributed by atoms with Gasteiger partial charge in [-0.15, -0.1) is 0 Å². The lowest BCUT2D eigenvalue weighted by Gasteiger charge is -2.03. The first-order valence-corrected chi connectivity index (χ1v) is 7.54. The number of hydrogen-bond acceptors (Lipinski definition) is 4. The van der Waals surface area contributed by atoms with Gasteiger partial charge in [-0.25, -0.2) is 4.79 Å². The Morgan fingerprint density at radius 1 is 1.62 bits per heavy atom. The van der Waals surface area contributed by atoms with Gasteiger partial charge < -0.3 is 9.16 Å². The van der Waals surface area contributed by atoms with Gasteiger partial charge in [0.1, 0.15) is 0 Å². The van der Waals surface area contributed by atoms with Crippen molar-refractivity contribution in [1.82, 2.24) is 0 Å². The minimum atomic E-state index is -0.383. The molecule has 5 heteroatoms. The number of esters is 1. The number of rotatable bonds is 7. The molecule has 0 amide bonds. The van der Waals surface area contributed by atoms with Crippen molar-refractivity contribution in [2.45, 2.75) is 13.3 Å². The monoisotopic (exact) mass is 220 g/mol. The maximum absolute atomic E-state index is 10.9. The van der Waals surface area contributed by atoms with Gasteiger partial charge in [-0.05, 0) is 19.1 Å². The predicted molar refractivity (Wildman–Crippen MR) is 58.4 cm³/mol. The van der Waals surface area contributed by atoms with Crippen LogP contribution in [0, 0.1) is 0 Å². The second kappa shape index (κ2) is 8.34. The van der Waals surface area contributed by atoms with Gasteiger partial charge in [0.25, 0.3) is 0 Å². The molecule has 0 aliphatic heterocycles. The first kappa shape index (κ1) is 12.7. The first-order valence-electron chi connectivity index (χ1n) is 4.07. The van der Waals surface area contributed by atoms with E-state index in [1.165, 1.54) is 0 Å². The molecule has 3 nitrogen and oxygen atoms in total. The Morgan fingerprint density at radius 2 is 2.31 bits per heavy atom. The molecule has 0 fully saturated rings. The Kier molecular flexibility index (Phi) is 8.17. The van der Waals surface area contributed by atoms with Crippen molar-refractivity contribution in [3.05, 3.63) is 12.2 Å². The Balaban J connectivity index is 3.16. The van der Waals surface area contributed by atoms with Gasteiger partial charge in [0.2, 0.25) is 8.91 Å². The molecule has 0 saturated carbocycles. The largest absolute Gasteiger partial charge is 0.462 e. The van der Waals surface area contributed by atoms with Crippen molar-refractivity contribution in [2.75, 3.05) is 19.5 Å². The van der Waals surface area contributed by atoms with Crippen LogP contribution in [0.5, 0.6) is 0 Å². The zero-order valence-corrected chi connectivity index (χ0v) is 10.4. The van der Waals surface area contributed by atoms with Crippen LogP contribution in [0.3, 0.4) is 0 Å². The number of carbonyl (C=O) groups excluding carboxylic acids is 1. The van der Waals surface area contributed by atoms with Crippen LogP contribution in [0.15, 0.2) is 12.2 Å². The summed E-state index contributed by atoms with van der Waals surface area (Å²) in [6.45, 7) is 5.62. The fraction of sp³-hybridized carbons (Fsp3) is 0.625. The molecule has 76 valence electrons. The zero-order valence-electron chi connectivity index (χ0n) is 8.17. The molecule has 0 unspecified atom stereocenters. The van der Waals surface area contributed by atoms with Crippen molar-refractivity contribution in [3.8, 4) is 0 Å². The summed E-state index contributed by atoms with van der Waals surface area (Å²) in [5.41, 5.74) is 0.457. The average Bonchev–Trinajstić information content (AvgIpc) is 2.10. The highest BCUT2D eigenvalue weighted by Gasteiger charge is 2.01. The Bertz CT molecular complexity index is 173. The highest BCUT2D eigenvalue weighted by Crippen LogP contribution is 2.00. The first-order chi connectivity index (χ1) is 6.18. The van der Waals surface area contributed by atoms with Crippen molar-refractivity contribution in [3.63, 3.8) is 0 Å². The zero-order chi connectivity index (χ0) is 10.1. The molecule has 0 aromatic heterocycles. The highest BCUT2D eigenvalue weighted by molar-refractivity contribution is 8.21. The standard InChI is InChI=1S/C8H16O3SSi/c1-7(2)8(9)11-5-4-6-12-13-10-3/h1,4-6,13H2,2-3H3. The smallest absolute Gasteiger partial charge is 0.333 e. The molecule has 0 radical (unpaired) electrons. The number of hydrogen-bond donors (Lipinski definition) is 0. The quantitative estimate of drug-likeness (QED) is 0.276.